The molecule has 0 aliphatic carbocycles. The Kier molecular flexibility index (Phi) is 5.15. The van der Waals surface area contributed by atoms with Crippen molar-refractivity contribution in [2.75, 3.05) is 0 Å². The number of aliphatic carboxylic acids is 1. The number of furan rings is 1. The SMILES string of the molecule is CCCc1occc1C(=O)NC(C)(CCC)C(=O)O. The van der Waals surface area contributed by atoms with Crippen molar-refractivity contribution in [3.8, 4) is 0 Å². The maximum Gasteiger partial charge on any atom is 0.329 e. The van der Waals surface area contributed by atoms with E-state index in [2.05, 4.69) is 5.32 Å². The molecule has 1 unspecified atom stereocenters. The molecule has 1 heterocycles. The van der Waals surface area contributed by atoms with Gasteiger partial charge in [0.15, 0.2) is 0 Å². The van der Waals surface area contributed by atoms with Crippen molar-refractivity contribution in [2.24, 2.45) is 0 Å². The molecule has 1 amide bonds. The van der Waals surface area contributed by atoms with E-state index in [0.29, 0.717) is 30.6 Å². The summed E-state index contributed by atoms with van der Waals surface area (Å²) < 4.78 is 5.25. The number of rotatable bonds is 7. The fourth-order valence-corrected chi connectivity index (χ4v) is 2.00. The lowest BCUT2D eigenvalue weighted by Crippen LogP contribution is -2.52. The van der Waals surface area contributed by atoms with Crippen LogP contribution in [0.3, 0.4) is 0 Å². The topological polar surface area (TPSA) is 79.5 Å². The van der Waals surface area contributed by atoms with Gasteiger partial charge in [-0.05, 0) is 25.8 Å². The molecule has 0 fully saturated rings. The normalized spacial score (nSPS) is 13.8. The fourth-order valence-electron chi connectivity index (χ4n) is 2.00. The van der Waals surface area contributed by atoms with Crippen molar-refractivity contribution >= 4 is 11.9 Å². The summed E-state index contributed by atoms with van der Waals surface area (Å²) in [6.07, 6.45) is 4.04. The molecule has 106 valence electrons. The molecule has 19 heavy (non-hydrogen) atoms. The van der Waals surface area contributed by atoms with Crippen molar-refractivity contribution in [1.82, 2.24) is 5.32 Å². The molecule has 2 N–H and O–H groups in total. The smallest absolute Gasteiger partial charge is 0.329 e. The highest BCUT2D eigenvalue weighted by Gasteiger charge is 2.34. The molecule has 0 saturated heterocycles. The second-order valence-corrected chi connectivity index (χ2v) is 4.85. The highest BCUT2D eigenvalue weighted by Crippen LogP contribution is 2.17. The monoisotopic (exact) mass is 267 g/mol. The first-order valence-corrected chi connectivity index (χ1v) is 6.57. The molecule has 5 heteroatoms. The summed E-state index contributed by atoms with van der Waals surface area (Å²) >= 11 is 0. The van der Waals surface area contributed by atoms with Crippen LogP contribution in [0.2, 0.25) is 0 Å². The Hall–Kier alpha value is -1.78. The lowest BCUT2D eigenvalue weighted by atomic mass is 9.95. The van der Waals surface area contributed by atoms with E-state index in [9.17, 15) is 14.7 Å². The Labute approximate surface area is 113 Å². The molecule has 1 aromatic heterocycles. The molecule has 0 aliphatic rings. The Bertz CT molecular complexity index is 452. The number of carbonyl (C=O) groups excluding carboxylic acids is 1. The van der Waals surface area contributed by atoms with Crippen LogP contribution in [0.1, 0.15) is 56.2 Å². The summed E-state index contributed by atoms with van der Waals surface area (Å²) in [6, 6.07) is 1.58. The standard InChI is InChI=1S/C14H21NO4/c1-4-6-11-10(7-9-19-11)12(16)15-14(3,8-5-2)13(17)18/h7,9H,4-6,8H2,1-3H3,(H,15,16)(H,17,18). The van der Waals surface area contributed by atoms with Crippen molar-refractivity contribution in [3.05, 3.63) is 23.7 Å². The summed E-state index contributed by atoms with van der Waals surface area (Å²) in [5, 5.41) is 11.8. The van der Waals surface area contributed by atoms with Gasteiger partial charge in [-0.1, -0.05) is 20.3 Å². The van der Waals surface area contributed by atoms with Crippen LogP contribution in [-0.2, 0) is 11.2 Å². The van der Waals surface area contributed by atoms with E-state index in [1.165, 1.54) is 13.2 Å². The van der Waals surface area contributed by atoms with Crippen LogP contribution in [0.25, 0.3) is 0 Å². The van der Waals surface area contributed by atoms with Gasteiger partial charge < -0.3 is 14.8 Å². The van der Waals surface area contributed by atoms with Crippen LogP contribution in [0.4, 0.5) is 0 Å². The second kappa shape index (κ2) is 6.41. The first-order valence-electron chi connectivity index (χ1n) is 6.57. The average molecular weight is 267 g/mol. The number of carboxylic acid groups (broad SMARTS) is 1. The summed E-state index contributed by atoms with van der Waals surface area (Å²) in [4.78, 5) is 23.5. The van der Waals surface area contributed by atoms with Gasteiger partial charge in [0.25, 0.3) is 5.91 Å². The Morgan fingerprint density at radius 2 is 2.05 bits per heavy atom. The fraction of sp³-hybridized carbons (Fsp3) is 0.571. The quantitative estimate of drug-likeness (QED) is 0.795. The number of amides is 1. The second-order valence-electron chi connectivity index (χ2n) is 4.85. The largest absolute Gasteiger partial charge is 0.480 e. The predicted molar refractivity (Wildman–Crippen MR) is 71.1 cm³/mol. The average Bonchev–Trinajstić information content (AvgIpc) is 2.77. The van der Waals surface area contributed by atoms with Crippen LogP contribution in [-0.4, -0.2) is 22.5 Å². The van der Waals surface area contributed by atoms with Gasteiger partial charge in [0, 0.05) is 6.42 Å². The van der Waals surface area contributed by atoms with Gasteiger partial charge >= 0.3 is 5.97 Å². The van der Waals surface area contributed by atoms with E-state index in [1.54, 1.807) is 6.07 Å². The minimum Gasteiger partial charge on any atom is -0.480 e. The minimum absolute atomic E-state index is 0.384. The van der Waals surface area contributed by atoms with Crippen LogP contribution in [0.15, 0.2) is 16.7 Å². The third-order valence-corrected chi connectivity index (χ3v) is 3.08. The summed E-state index contributed by atoms with van der Waals surface area (Å²) in [5.74, 6) is -0.817. The van der Waals surface area contributed by atoms with Gasteiger partial charge in [-0.2, -0.15) is 0 Å². The number of hydrogen-bond donors (Lipinski definition) is 2. The molecular formula is C14H21NO4. The van der Waals surface area contributed by atoms with Gasteiger partial charge in [0.05, 0.1) is 11.8 Å². The molecule has 1 aromatic rings. The number of nitrogens with one attached hydrogen (secondary N) is 1. The number of aryl methyl sites for hydroxylation is 1. The van der Waals surface area contributed by atoms with Crippen LogP contribution < -0.4 is 5.32 Å². The Balaban J connectivity index is 2.88. The first-order chi connectivity index (χ1) is 8.94. The van der Waals surface area contributed by atoms with Crippen molar-refractivity contribution in [1.29, 1.82) is 0 Å². The molecule has 0 radical (unpaired) electrons. The van der Waals surface area contributed by atoms with E-state index in [0.717, 1.165) is 6.42 Å². The zero-order chi connectivity index (χ0) is 14.5. The summed E-state index contributed by atoms with van der Waals surface area (Å²) in [5.41, 5.74) is -0.822. The van der Waals surface area contributed by atoms with Crippen molar-refractivity contribution < 1.29 is 19.1 Å². The molecule has 1 rings (SSSR count). The van der Waals surface area contributed by atoms with Crippen LogP contribution in [0, 0.1) is 0 Å². The maximum absolute atomic E-state index is 12.2. The zero-order valence-electron chi connectivity index (χ0n) is 11.7. The number of carbonyl (C=O) groups is 2. The van der Waals surface area contributed by atoms with Crippen LogP contribution >= 0.6 is 0 Å². The molecule has 1 atom stereocenters. The molecular weight excluding hydrogens is 246 g/mol. The van der Waals surface area contributed by atoms with Gasteiger partial charge in [-0.25, -0.2) is 4.79 Å². The molecule has 0 aromatic carbocycles. The molecule has 0 saturated carbocycles. The van der Waals surface area contributed by atoms with Gasteiger partial charge in [-0.3, -0.25) is 4.79 Å². The van der Waals surface area contributed by atoms with E-state index in [4.69, 9.17) is 4.42 Å². The van der Waals surface area contributed by atoms with E-state index < -0.39 is 17.4 Å². The molecule has 5 nitrogen and oxygen atoms in total. The Morgan fingerprint density at radius 3 is 2.58 bits per heavy atom. The van der Waals surface area contributed by atoms with Gasteiger partial charge in [0.2, 0.25) is 0 Å². The Morgan fingerprint density at radius 1 is 1.37 bits per heavy atom. The number of hydrogen-bond acceptors (Lipinski definition) is 3. The third-order valence-electron chi connectivity index (χ3n) is 3.08. The lowest BCUT2D eigenvalue weighted by molar-refractivity contribution is -0.144. The highest BCUT2D eigenvalue weighted by molar-refractivity contribution is 5.98. The van der Waals surface area contributed by atoms with Crippen LogP contribution in [0.5, 0.6) is 0 Å². The number of carboxylic acids is 1. The van der Waals surface area contributed by atoms with E-state index in [-0.39, 0.29) is 0 Å². The van der Waals surface area contributed by atoms with E-state index >= 15 is 0 Å². The minimum atomic E-state index is -1.24. The molecule has 0 aliphatic heterocycles. The van der Waals surface area contributed by atoms with Gasteiger partial charge in [-0.15, -0.1) is 0 Å². The predicted octanol–water partition coefficient (Wildman–Crippen LogP) is 2.61. The lowest BCUT2D eigenvalue weighted by Gasteiger charge is -2.25. The summed E-state index contributed by atoms with van der Waals surface area (Å²) in [6.45, 7) is 5.40. The van der Waals surface area contributed by atoms with Crippen molar-refractivity contribution in [2.45, 2.75) is 52.0 Å². The molecule has 0 spiro atoms. The zero-order valence-corrected chi connectivity index (χ0v) is 11.7. The third kappa shape index (κ3) is 3.59. The summed E-state index contributed by atoms with van der Waals surface area (Å²) in [7, 11) is 0. The van der Waals surface area contributed by atoms with Gasteiger partial charge in [0.1, 0.15) is 11.3 Å². The van der Waals surface area contributed by atoms with E-state index in [1.807, 2.05) is 13.8 Å². The first kappa shape index (κ1) is 15.3. The van der Waals surface area contributed by atoms with Crippen molar-refractivity contribution in [3.63, 3.8) is 0 Å². The maximum atomic E-state index is 12.2. The highest BCUT2D eigenvalue weighted by atomic mass is 16.4. The molecule has 0 bridgehead atoms.